The molecule has 4 aromatic rings. The van der Waals surface area contributed by atoms with Crippen LogP contribution >= 0.6 is 0 Å². The smallest absolute Gasteiger partial charge is 0.237 e. The number of anilines is 4. The van der Waals surface area contributed by atoms with Crippen LogP contribution in [0.1, 0.15) is 16.7 Å². The van der Waals surface area contributed by atoms with Gasteiger partial charge in [-0.25, -0.2) is 19.3 Å². The molecule has 10 nitrogen and oxygen atoms in total. The number of ether oxygens (including phenoxy) is 2. The number of nitrogens with one attached hydrogen (secondary N) is 3. The molecular formula is C27H26FN7O3. The van der Waals surface area contributed by atoms with E-state index in [1.165, 1.54) is 6.20 Å². The summed E-state index contributed by atoms with van der Waals surface area (Å²) in [4.78, 5) is 25.4. The Bertz CT molecular complexity index is 1610. The van der Waals surface area contributed by atoms with Crippen molar-refractivity contribution in [2.75, 3.05) is 43.2 Å². The second-order valence-corrected chi connectivity index (χ2v) is 9.22. The van der Waals surface area contributed by atoms with Crippen molar-refractivity contribution in [1.29, 1.82) is 0 Å². The van der Waals surface area contributed by atoms with Gasteiger partial charge in [0.05, 0.1) is 30.4 Å². The van der Waals surface area contributed by atoms with E-state index in [4.69, 9.17) is 15.2 Å². The van der Waals surface area contributed by atoms with Crippen molar-refractivity contribution in [3.63, 3.8) is 0 Å². The van der Waals surface area contributed by atoms with Gasteiger partial charge in [0.2, 0.25) is 17.7 Å². The van der Waals surface area contributed by atoms with Gasteiger partial charge in [0, 0.05) is 47.6 Å². The van der Waals surface area contributed by atoms with Crippen LogP contribution in [-0.2, 0) is 17.6 Å². The third kappa shape index (κ3) is 3.96. The topological polar surface area (TPSA) is 136 Å². The second kappa shape index (κ2) is 9.33. The summed E-state index contributed by atoms with van der Waals surface area (Å²) >= 11 is 0. The molecule has 0 saturated heterocycles. The highest BCUT2D eigenvalue weighted by molar-refractivity contribution is 5.96. The van der Waals surface area contributed by atoms with Gasteiger partial charge in [0.25, 0.3) is 0 Å². The number of fused-ring (bicyclic) bond motifs is 3. The predicted molar refractivity (Wildman–Crippen MR) is 143 cm³/mol. The zero-order valence-corrected chi connectivity index (χ0v) is 20.9. The molecule has 11 heteroatoms. The van der Waals surface area contributed by atoms with Crippen LogP contribution in [0.2, 0.25) is 0 Å². The van der Waals surface area contributed by atoms with Crippen molar-refractivity contribution in [2.24, 2.45) is 0 Å². The number of carbonyl (C=O) groups excluding carboxylic acids is 1. The van der Waals surface area contributed by atoms with Gasteiger partial charge in [-0.1, -0.05) is 6.07 Å². The molecule has 6 rings (SSSR count). The summed E-state index contributed by atoms with van der Waals surface area (Å²) in [5.41, 5.74) is 11.6. The van der Waals surface area contributed by atoms with Gasteiger partial charge in [0.1, 0.15) is 18.0 Å². The van der Waals surface area contributed by atoms with E-state index < -0.39 is 5.82 Å². The minimum Gasteiger partial charge on any atom is -0.494 e. The van der Waals surface area contributed by atoms with Crippen molar-refractivity contribution in [2.45, 2.75) is 19.8 Å². The van der Waals surface area contributed by atoms with Crippen LogP contribution in [0.5, 0.6) is 11.6 Å². The van der Waals surface area contributed by atoms with E-state index in [1.807, 2.05) is 19.1 Å². The standard InChI is InChI=1S/C27H26FN7O3/c1-13-17(11-32-26-24(13)31-7-8-38-26)16-10-20-18(23(29)22(16)28)12-33-27(35-20)34-19-4-3-14-9-21(36)30-6-5-15(14)25(19)37-2/h3-4,10-12,31H,5-9,29H2,1-2H3,(H,30,36)(H,33,34,35). The average Bonchev–Trinajstić information content (AvgIpc) is 3.12. The monoisotopic (exact) mass is 515 g/mol. The lowest BCUT2D eigenvalue weighted by Crippen LogP contribution is -2.24. The molecule has 4 heterocycles. The molecule has 194 valence electrons. The van der Waals surface area contributed by atoms with E-state index >= 15 is 4.39 Å². The predicted octanol–water partition coefficient (Wildman–Crippen LogP) is 3.49. The fourth-order valence-electron chi connectivity index (χ4n) is 5.05. The molecule has 38 heavy (non-hydrogen) atoms. The van der Waals surface area contributed by atoms with Crippen molar-refractivity contribution in [1.82, 2.24) is 20.3 Å². The first-order valence-electron chi connectivity index (χ1n) is 12.3. The van der Waals surface area contributed by atoms with Crippen LogP contribution in [0.4, 0.5) is 27.4 Å². The number of halogens is 1. The SMILES string of the molecule is COc1c(Nc2ncc3c(N)c(F)c(-c4cnc5c(c4C)NCCO5)cc3n2)ccc2c1CCNC(=O)C2. The van der Waals surface area contributed by atoms with E-state index in [2.05, 4.69) is 30.9 Å². The molecule has 0 radical (unpaired) electrons. The van der Waals surface area contributed by atoms with Crippen LogP contribution in [0.3, 0.4) is 0 Å². The summed E-state index contributed by atoms with van der Waals surface area (Å²) < 4.78 is 26.8. The van der Waals surface area contributed by atoms with Gasteiger partial charge in [-0.2, -0.15) is 0 Å². The lowest BCUT2D eigenvalue weighted by molar-refractivity contribution is -0.120. The molecule has 0 atom stereocenters. The summed E-state index contributed by atoms with van der Waals surface area (Å²) in [6, 6.07) is 5.40. The Labute approximate surface area is 217 Å². The molecule has 0 fully saturated rings. The molecule has 2 aromatic carbocycles. The van der Waals surface area contributed by atoms with Gasteiger partial charge in [-0.3, -0.25) is 4.79 Å². The summed E-state index contributed by atoms with van der Waals surface area (Å²) in [6.45, 7) is 3.58. The van der Waals surface area contributed by atoms with Crippen LogP contribution in [0, 0.1) is 12.7 Å². The second-order valence-electron chi connectivity index (χ2n) is 9.22. The zero-order chi connectivity index (χ0) is 26.4. The van der Waals surface area contributed by atoms with Gasteiger partial charge in [-0.05, 0) is 36.6 Å². The molecule has 0 unspecified atom stereocenters. The van der Waals surface area contributed by atoms with E-state index in [0.29, 0.717) is 77.8 Å². The third-order valence-corrected chi connectivity index (χ3v) is 6.96. The number of methoxy groups -OCH3 is 1. The highest BCUT2D eigenvalue weighted by atomic mass is 19.1. The number of pyridine rings is 1. The third-order valence-electron chi connectivity index (χ3n) is 6.96. The Kier molecular flexibility index (Phi) is 5.82. The number of hydrogen-bond acceptors (Lipinski definition) is 9. The largest absolute Gasteiger partial charge is 0.494 e. The van der Waals surface area contributed by atoms with Crippen molar-refractivity contribution < 1.29 is 18.7 Å². The lowest BCUT2D eigenvalue weighted by atomic mass is 9.98. The first-order chi connectivity index (χ1) is 18.4. The van der Waals surface area contributed by atoms with E-state index in [-0.39, 0.29) is 11.6 Å². The zero-order valence-electron chi connectivity index (χ0n) is 20.9. The summed E-state index contributed by atoms with van der Waals surface area (Å²) in [5, 5.41) is 9.78. The Morgan fingerprint density at radius 2 is 2.03 bits per heavy atom. The molecule has 2 aromatic heterocycles. The minimum absolute atomic E-state index is 0.0160. The maximum atomic E-state index is 15.5. The first-order valence-corrected chi connectivity index (χ1v) is 12.3. The number of hydrogen-bond donors (Lipinski definition) is 4. The van der Waals surface area contributed by atoms with E-state index in [0.717, 1.165) is 22.4 Å². The number of nitrogens with two attached hydrogens (primary N) is 1. The molecule has 2 aliphatic rings. The highest BCUT2D eigenvalue weighted by Gasteiger charge is 2.23. The fourth-order valence-corrected chi connectivity index (χ4v) is 5.05. The lowest BCUT2D eigenvalue weighted by Gasteiger charge is -2.22. The number of aromatic nitrogens is 3. The van der Waals surface area contributed by atoms with Gasteiger partial charge < -0.3 is 31.2 Å². The Hall–Kier alpha value is -4.67. The van der Waals surface area contributed by atoms with Crippen LogP contribution in [0.15, 0.2) is 30.6 Å². The van der Waals surface area contributed by atoms with Gasteiger partial charge >= 0.3 is 0 Å². The van der Waals surface area contributed by atoms with Gasteiger partial charge in [0.15, 0.2) is 5.82 Å². The number of nitrogen functional groups attached to an aromatic ring is 1. The van der Waals surface area contributed by atoms with E-state index in [9.17, 15) is 4.79 Å². The molecule has 2 aliphatic heterocycles. The summed E-state index contributed by atoms with van der Waals surface area (Å²) in [5.74, 6) is 0.852. The van der Waals surface area contributed by atoms with Crippen LogP contribution < -0.4 is 31.2 Å². The maximum Gasteiger partial charge on any atom is 0.237 e. The number of nitrogens with zero attached hydrogens (tertiary/aromatic N) is 3. The number of amides is 1. The minimum atomic E-state index is -0.557. The van der Waals surface area contributed by atoms with Crippen molar-refractivity contribution in [3.8, 4) is 22.8 Å². The molecule has 1 amide bonds. The van der Waals surface area contributed by atoms with Crippen LogP contribution in [-0.4, -0.2) is 47.7 Å². The molecule has 5 N–H and O–H groups in total. The van der Waals surface area contributed by atoms with E-state index in [1.54, 1.807) is 19.4 Å². The first kappa shape index (κ1) is 23.7. The highest BCUT2D eigenvalue weighted by Crippen LogP contribution is 2.40. The van der Waals surface area contributed by atoms with Crippen molar-refractivity contribution >= 4 is 39.8 Å². The summed E-state index contributed by atoms with van der Waals surface area (Å²) in [7, 11) is 1.59. The Morgan fingerprint density at radius 3 is 2.87 bits per heavy atom. The Balaban J connectivity index is 1.41. The molecule has 0 spiro atoms. The Morgan fingerprint density at radius 1 is 1.16 bits per heavy atom. The summed E-state index contributed by atoms with van der Waals surface area (Å²) in [6.07, 6.45) is 4.03. The quantitative estimate of drug-likeness (QED) is 0.301. The molecule has 0 bridgehead atoms. The maximum absolute atomic E-state index is 15.5. The number of rotatable bonds is 4. The molecule has 0 aliphatic carbocycles. The van der Waals surface area contributed by atoms with Crippen LogP contribution in [0.25, 0.3) is 22.0 Å². The number of carbonyl (C=O) groups is 1. The molecule has 0 saturated carbocycles. The average molecular weight is 516 g/mol. The van der Waals surface area contributed by atoms with Gasteiger partial charge in [-0.15, -0.1) is 0 Å². The molecular weight excluding hydrogens is 489 g/mol. The van der Waals surface area contributed by atoms with Crippen molar-refractivity contribution in [3.05, 3.63) is 53.1 Å². The normalized spacial score (nSPS) is 14.4. The number of benzene rings is 2. The fraction of sp³-hybridized carbons (Fsp3) is 0.259.